The van der Waals surface area contributed by atoms with Crippen molar-refractivity contribution >= 4 is 27.7 Å². The molecule has 0 bridgehead atoms. The molecule has 0 amide bonds. The van der Waals surface area contributed by atoms with Gasteiger partial charge in [-0.3, -0.25) is 0 Å². The molecular formula is C32H26F2N4O4S. The lowest BCUT2D eigenvalue weighted by molar-refractivity contribution is -0.0589. The van der Waals surface area contributed by atoms with Gasteiger partial charge in [0, 0.05) is 30.2 Å². The summed E-state index contributed by atoms with van der Waals surface area (Å²) in [5.74, 6) is -0.410. The number of nitrogens with zero attached hydrogens (tertiary/aromatic N) is 4. The summed E-state index contributed by atoms with van der Waals surface area (Å²) in [6.45, 7) is 3.08. The molecule has 11 heteroatoms. The van der Waals surface area contributed by atoms with Gasteiger partial charge in [0.15, 0.2) is 0 Å². The SMILES string of the molecule is COC(=O)c1cc2c(nc(Cc3cc(C)c(-c4cccc(OCc5ccc(C#N)cc5F)n4)cc3F)n2CC2CCO2)s1. The molecule has 3 aromatic heterocycles. The van der Waals surface area contributed by atoms with Gasteiger partial charge in [0.25, 0.3) is 0 Å². The molecule has 218 valence electrons. The van der Waals surface area contributed by atoms with E-state index in [0.717, 1.165) is 23.6 Å². The van der Waals surface area contributed by atoms with Crippen LogP contribution in [0.3, 0.4) is 0 Å². The average Bonchev–Trinajstić information content (AvgIpc) is 3.53. The second-order valence-electron chi connectivity index (χ2n) is 10.2. The molecule has 4 heterocycles. The summed E-state index contributed by atoms with van der Waals surface area (Å²) < 4.78 is 48.1. The minimum atomic E-state index is -0.534. The van der Waals surface area contributed by atoms with Gasteiger partial charge in [0.2, 0.25) is 5.88 Å². The van der Waals surface area contributed by atoms with E-state index in [9.17, 15) is 9.18 Å². The summed E-state index contributed by atoms with van der Waals surface area (Å²) in [5.41, 5.74) is 3.73. The Kier molecular flexibility index (Phi) is 7.88. The fraction of sp³-hybridized carbons (Fsp3) is 0.250. The third-order valence-corrected chi connectivity index (χ3v) is 8.39. The van der Waals surface area contributed by atoms with E-state index in [0.29, 0.717) is 51.1 Å². The van der Waals surface area contributed by atoms with Crippen molar-refractivity contribution < 1.29 is 27.8 Å². The van der Waals surface area contributed by atoms with Crippen LogP contribution in [0.2, 0.25) is 0 Å². The minimum Gasteiger partial charge on any atom is -0.473 e. The number of pyridine rings is 1. The molecule has 1 aliphatic rings. The molecule has 0 spiro atoms. The fourth-order valence-corrected chi connectivity index (χ4v) is 5.96. The summed E-state index contributed by atoms with van der Waals surface area (Å²) in [6.07, 6.45) is 1.22. The summed E-state index contributed by atoms with van der Waals surface area (Å²) in [5, 5.41) is 8.93. The molecule has 5 aromatic rings. The molecule has 0 saturated carbocycles. The minimum absolute atomic E-state index is 0.0422. The van der Waals surface area contributed by atoms with Crippen molar-refractivity contribution in [1.82, 2.24) is 14.5 Å². The van der Waals surface area contributed by atoms with E-state index in [4.69, 9.17) is 24.5 Å². The van der Waals surface area contributed by atoms with Gasteiger partial charge in [0.1, 0.15) is 33.8 Å². The van der Waals surface area contributed by atoms with E-state index in [-0.39, 0.29) is 30.6 Å². The number of thiophene rings is 1. The predicted octanol–water partition coefficient (Wildman–Crippen LogP) is 6.36. The number of carbonyl (C=O) groups is 1. The van der Waals surface area contributed by atoms with Gasteiger partial charge in [-0.2, -0.15) is 5.26 Å². The molecule has 0 aliphatic carbocycles. The zero-order chi connectivity index (χ0) is 30.1. The van der Waals surface area contributed by atoms with E-state index in [1.165, 1.54) is 36.6 Å². The number of nitriles is 1. The number of rotatable bonds is 9. The number of imidazole rings is 1. The van der Waals surface area contributed by atoms with Gasteiger partial charge >= 0.3 is 5.97 Å². The highest BCUT2D eigenvalue weighted by Crippen LogP contribution is 2.32. The quantitative estimate of drug-likeness (QED) is 0.182. The maximum absolute atomic E-state index is 15.6. The van der Waals surface area contributed by atoms with Crippen molar-refractivity contribution in [3.63, 3.8) is 0 Å². The number of hydrogen-bond acceptors (Lipinski definition) is 8. The number of ether oxygens (including phenoxy) is 3. The van der Waals surface area contributed by atoms with E-state index in [1.54, 1.807) is 30.3 Å². The summed E-state index contributed by atoms with van der Waals surface area (Å²) in [7, 11) is 1.34. The normalized spacial score (nSPS) is 14.3. The molecular weight excluding hydrogens is 574 g/mol. The van der Waals surface area contributed by atoms with Crippen LogP contribution in [-0.2, 0) is 29.0 Å². The Hall–Kier alpha value is -4.66. The van der Waals surface area contributed by atoms with Crippen molar-refractivity contribution in [1.29, 1.82) is 5.26 Å². The Morgan fingerprint density at radius 2 is 1.95 bits per heavy atom. The van der Waals surface area contributed by atoms with Crippen LogP contribution in [-0.4, -0.2) is 40.3 Å². The van der Waals surface area contributed by atoms with Gasteiger partial charge < -0.3 is 18.8 Å². The van der Waals surface area contributed by atoms with E-state index in [1.807, 2.05) is 17.6 Å². The lowest BCUT2D eigenvalue weighted by Gasteiger charge is -2.27. The summed E-state index contributed by atoms with van der Waals surface area (Å²) in [4.78, 5) is 22.5. The van der Waals surface area contributed by atoms with Gasteiger partial charge in [-0.05, 0) is 54.8 Å². The summed E-state index contributed by atoms with van der Waals surface area (Å²) in [6, 6.07) is 16.2. The Balaban J connectivity index is 1.24. The lowest BCUT2D eigenvalue weighted by atomic mass is 9.99. The maximum atomic E-state index is 15.6. The zero-order valence-electron chi connectivity index (χ0n) is 23.4. The zero-order valence-corrected chi connectivity index (χ0v) is 24.2. The molecule has 1 unspecified atom stereocenters. The van der Waals surface area contributed by atoms with Crippen molar-refractivity contribution in [2.75, 3.05) is 13.7 Å². The molecule has 1 aliphatic heterocycles. The van der Waals surface area contributed by atoms with E-state index < -0.39 is 17.6 Å². The van der Waals surface area contributed by atoms with E-state index >= 15 is 4.39 Å². The number of methoxy groups -OCH3 is 1. The highest BCUT2D eigenvalue weighted by molar-refractivity contribution is 7.20. The third-order valence-electron chi connectivity index (χ3n) is 7.39. The Bertz CT molecular complexity index is 1890. The van der Waals surface area contributed by atoms with Crippen molar-refractivity contribution in [3.05, 3.63) is 99.2 Å². The second kappa shape index (κ2) is 11.9. The molecule has 1 fully saturated rings. The molecule has 1 atom stereocenters. The fourth-order valence-electron chi connectivity index (χ4n) is 4.99. The Labute approximate surface area is 250 Å². The number of esters is 1. The first-order valence-corrected chi connectivity index (χ1v) is 14.4. The Morgan fingerprint density at radius 1 is 1.14 bits per heavy atom. The molecule has 2 aromatic carbocycles. The molecule has 6 rings (SSSR count). The highest BCUT2D eigenvalue weighted by Gasteiger charge is 2.25. The number of carbonyl (C=O) groups excluding carboxylic acids is 1. The predicted molar refractivity (Wildman–Crippen MR) is 156 cm³/mol. The number of aryl methyl sites for hydroxylation is 1. The largest absolute Gasteiger partial charge is 0.473 e. The topological polar surface area (TPSA) is 99.3 Å². The first-order chi connectivity index (χ1) is 20.8. The molecule has 8 nitrogen and oxygen atoms in total. The molecule has 1 saturated heterocycles. The van der Waals surface area contributed by atoms with Crippen LogP contribution < -0.4 is 4.74 Å². The van der Waals surface area contributed by atoms with Crippen molar-refractivity contribution in [3.8, 4) is 23.2 Å². The monoisotopic (exact) mass is 600 g/mol. The highest BCUT2D eigenvalue weighted by atomic mass is 32.1. The van der Waals surface area contributed by atoms with Crippen LogP contribution in [0, 0.1) is 29.9 Å². The average molecular weight is 601 g/mol. The number of fused-ring (bicyclic) bond motifs is 1. The number of benzene rings is 2. The number of hydrogen-bond donors (Lipinski definition) is 0. The standard InChI is InChI=1S/C32H26F2N4O4S/c1-18-10-21(12-29-37-31-27(14-28(43-31)32(39)40-2)38(29)16-22-8-9-41-22)25(34)13-23(18)26-4-3-5-30(36-26)42-17-20-7-6-19(15-35)11-24(20)33/h3-7,10-11,13-14,22H,8-9,12,16-17H2,1-2H3. The van der Waals surface area contributed by atoms with Gasteiger partial charge in [-0.25, -0.2) is 23.5 Å². The smallest absolute Gasteiger partial charge is 0.348 e. The van der Waals surface area contributed by atoms with Crippen LogP contribution in [0.15, 0.2) is 54.6 Å². The van der Waals surface area contributed by atoms with Crippen LogP contribution in [0.25, 0.3) is 21.6 Å². The van der Waals surface area contributed by atoms with E-state index in [2.05, 4.69) is 4.98 Å². The lowest BCUT2D eigenvalue weighted by Crippen LogP contribution is -2.31. The van der Waals surface area contributed by atoms with Gasteiger partial charge in [-0.1, -0.05) is 18.2 Å². The molecule has 43 heavy (non-hydrogen) atoms. The second-order valence-corrected chi connectivity index (χ2v) is 11.2. The van der Waals surface area contributed by atoms with Crippen LogP contribution in [0.1, 0.15) is 44.2 Å². The van der Waals surface area contributed by atoms with Crippen LogP contribution in [0.4, 0.5) is 8.78 Å². The third kappa shape index (κ3) is 5.84. The van der Waals surface area contributed by atoms with Crippen molar-refractivity contribution in [2.24, 2.45) is 0 Å². The van der Waals surface area contributed by atoms with Crippen LogP contribution >= 0.6 is 11.3 Å². The van der Waals surface area contributed by atoms with Crippen molar-refractivity contribution in [2.45, 2.75) is 39.0 Å². The molecule has 0 N–H and O–H groups in total. The molecule has 0 radical (unpaired) electrons. The van der Waals surface area contributed by atoms with Gasteiger partial charge in [-0.15, -0.1) is 11.3 Å². The first kappa shape index (κ1) is 28.5. The van der Waals surface area contributed by atoms with Gasteiger partial charge in [0.05, 0.1) is 42.6 Å². The Morgan fingerprint density at radius 3 is 2.67 bits per heavy atom. The number of halogens is 2. The maximum Gasteiger partial charge on any atom is 0.348 e. The summed E-state index contributed by atoms with van der Waals surface area (Å²) >= 11 is 1.25. The van der Waals surface area contributed by atoms with Crippen LogP contribution in [0.5, 0.6) is 5.88 Å². The first-order valence-electron chi connectivity index (χ1n) is 13.6. The number of aromatic nitrogens is 3.